The number of benzene rings is 3. The van der Waals surface area contributed by atoms with Gasteiger partial charge in [-0.05, 0) is 37.8 Å². The molecule has 0 aliphatic heterocycles. The zero-order chi connectivity index (χ0) is 29.6. The Kier molecular flexibility index (Phi) is 13.0. The molecule has 0 bridgehead atoms. The second kappa shape index (κ2) is 16.7. The van der Waals surface area contributed by atoms with E-state index in [-0.39, 0.29) is 26.4 Å². The Bertz CT molecular complexity index is 1370. The molecule has 8 nitrogen and oxygen atoms in total. The molecular formula is C32H38O8S. The highest BCUT2D eigenvalue weighted by atomic mass is 32.2. The van der Waals surface area contributed by atoms with E-state index in [4.69, 9.17) is 28.4 Å². The van der Waals surface area contributed by atoms with Gasteiger partial charge in [0.25, 0.3) is 0 Å². The molecule has 0 aliphatic carbocycles. The third-order valence-corrected chi connectivity index (χ3v) is 6.65. The number of rotatable bonds is 18. The Morgan fingerprint density at radius 1 is 0.659 bits per heavy atom. The van der Waals surface area contributed by atoms with Crippen LogP contribution in [0.15, 0.2) is 71.7 Å². The van der Waals surface area contributed by atoms with Gasteiger partial charge in [-0.2, -0.15) is 0 Å². The highest BCUT2D eigenvalue weighted by molar-refractivity contribution is 7.99. The van der Waals surface area contributed by atoms with Crippen molar-refractivity contribution in [3.05, 3.63) is 66.8 Å². The lowest BCUT2D eigenvalue weighted by molar-refractivity contribution is -0.141. The van der Waals surface area contributed by atoms with Gasteiger partial charge in [-0.1, -0.05) is 44.3 Å². The van der Waals surface area contributed by atoms with E-state index in [9.17, 15) is 9.59 Å². The van der Waals surface area contributed by atoms with Crippen LogP contribution in [0.3, 0.4) is 0 Å². The van der Waals surface area contributed by atoms with E-state index in [0.717, 1.165) is 43.7 Å². The molecule has 0 heterocycles. The zero-order valence-electron chi connectivity index (χ0n) is 24.0. The summed E-state index contributed by atoms with van der Waals surface area (Å²) >= 11 is 1.75. The summed E-state index contributed by atoms with van der Waals surface area (Å²) in [4.78, 5) is 24.1. The second-order valence-electron chi connectivity index (χ2n) is 9.10. The van der Waals surface area contributed by atoms with Gasteiger partial charge in [-0.3, -0.25) is 0 Å². The average Bonchev–Trinajstić information content (AvgIpc) is 2.96. The minimum atomic E-state index is -0.429. The van der Waals surface area contributed by atoms with Crippen LogP contribution in [0, 0.1) is 0 Å². The van der Waals surface area contributed by atoms with Gasteiger partial charge < -0.3 is 28.4 Å². The van der Waals surface area contributed by atoms with Gasteiger partial charge >= 0.3 is 11.9 Å². The third kappa shape index (κ3) is 9.52. The first kappa shape index (κ1) is 32.0. The lowest BCUT2D eigenvalue weighted by Gasteiger charge is -2.18. The van der Waals surface area contributed by atoms with Crippen LogP contribution in [0.2, 0.25) is 0 Å². The fourth-order valence-corrected chi connectivity index (χ4v) is 4.59. The quantitative estimate of drug-likeness (QED) is 0.0577. The fraction of sp³-hybridized carbons (Fsp3) is 0.375. The van der Waals surface area contributed by atoms with Crippen LogP contribution >= 0.6 is 11.8 Å². The molecule has 0 atom stereocenters. The first-order valence-corrected chi connectivity index (χ1v) is 14.5. The van der Waals surface area contributed by atoms with Crippen LogP contribution in [0.25, 0.3) is 21.5 Å². The maximum atomic E-state index is 11.5. The molecule has 0 aromatic heterocycles. The van der Waals surface area contributed by atoms with E-state index in [2.05, 4.69) is 38.3 Å². The standard InChI is InChI=1S/C32H38O8S/c1-6-41-24-11-12-27-28(21-24)30(38-18-14-36-16-20-40-32(34)23(4)5)26-10-8-7-9-25(26)29(27)37-17-13-35-15-19-39-31(33)22(2)3/h7-12,21H,2,4,6,13-20H2,1,3,5H3. The first-order valence-electron chi connectivity index (χ1n) is 13.5. The first-order chi connectivity index (χ1) is 19.8. The number of thioether (sulfide) groups is 1. The Hall–Kier alpha value is -3.53. The molecule has 220 valence electrons. The van der Waals surface area contributed by atoms with Gasteiger partial charge in [0.15, 0.2) is 0 Å². The zero-order valence-corrected chi connectivity index (χ0v) is 24.8. The van der Waals surface area contributed by atoms with E-state index in [1.165, 1.54) is 0 Å². The number of esters is 2. The van der Waals surface area contributed by atoms with Crippen molar-refractivity contribution in [1.82, 2.24) is 0 Å². The van der Waals surface area contributed by atoms with Crippen LogP contribution in [0.5, 0.6) is 11.5 Å². The second-order valence-corrected chi connectivity index (χ2v) is 10.4. The Labute approximate surface area is 245 Å². The molecule has 3 aromatic carbocycles. The topological polar surface area (TPSA) is 89.5 Å². The van der Waals surface area contributed by atoms with Crippen molar-refractivity contribution in [1.29, 1.82) is 0 Å². The van der Waals surface area contributed by atoms with Gasteiger partial charge in [0, 0.05) is 37.6 Å². The normalized spacial score (nSPS) is 10.9. The molecule has 3 rings (SSSR count). The summed E-state index contributed by atoms with van der Waals surface area (Å²) in [6.45, 7) is 14.6. The monoisotopic (exact) mass is 582 g/mol. The van der Waals surface area contributed by atoms with Gasteiger partial charge in [0.1, 0.15) is 37.9 Å². The summed E-state index contributed by atoms with van der Waals surface area (Å²) in [6, 6.07) is 14.2. The SMILES string of the molecule is C=C(C)C(=O)OCCOCCOc1c2ccccc2c(OCCOCCOC(=O)C(=C)C)c2cc(SCC)ccc12. The summed E-state index contributed by atoms with van der Waals surface area (Å²) in [7, 11) is 0. The summed E-state index contributed by atoms with van der Waals surface area (Å²) in [5, 5.41) is 3.73. The molecule has 0 N–H and O–H groups in total. The smallest absolute Gasteiger partial charge is 0.333 e. The average molecular weight is 583 g/mol. The minimum absolute atomic E-state index is 0.157. The molecule has 0 saturated carbocycles. The fourth-order valence-electron chi connectivity index (χ4n) is 3.89. The summed E-state index contributed by atoms with van der Waals surface area (Å²) < 4.78 is 33.9. The lowest BCUT2D eigenvalue weighted by Crippen LogP contribution is -2.14. The van der Waals surface area contributed by atoms with Gasteiger partial charge in [-0.15, -0.1) is 11.8 Å². The van der Waals surface area contributed by atoms with Crippen LogP contribution in [0.1, 0.15) is 20.8 Å². The molecule has 0 spiro atoms. The van der Waals surface area contributed by atoms with Crippen molar-refractivity contribution in [2.75, 3.05) is 58.6 Å². The van der Waals surface area contributed by atoms with Gasteiger partial charge in [0.05, 0.1) is 26.4 Å². The molecule has 0 amide bonds. The van der Waals surface area contributed by atoms with E-state index in [1.54, 1.807) is 25.6 Å². The van der Waals surface area contributed by atoms with E-state index >= 15 is 0 Å². The number of hydrogen-bond acceptors (Lipinski definition) is 9. The van der Waals surface area contributed by atoms with Crippen molar-refractivity contribution in [2.45, 2.75) is 25.7 Å². The Morgan fingerprint density at radius 2 is 1.12 bits per heavy atom. The summed E-state index contributed by atoms with van der Waals surface area (Å²) in [5.74, 6) is 1.60. The Morgan fingerprint density at radius 3 is 1.61 bits per heavy atom. The lowest BCUT2D eigenvalue weighted by atomic mass is 10.0. The van der Waals surface area contributed by atoms with Crippen molar-refractivity contribution < 1.29 is 38.0 Å². The van der Waals surface area contributed by atoms with E-state index in [1.807, 2.05) is 24.3 Å². The highest BCUT2D eigenvalue weighted by Gasteiger charge is 2.17. The molecule has 0 unspecified atom stereocenters. The van der Waals surface area contributed by atoms with Crippen LogP contribution in [-0.2, 0) is 28.5 Å². The van der Waals surface area contributed by atoms with Crippen molar-refractivity contribution >= 4 is 45.2 Å². The molecule has 3 aromatic rings. The van der Waals surface area contributed by atoms with Gasteiger partial charge in [-0.25, -0.2) is 9.59 Å². The third-order valence-electron chi connectivity index (χ3n) is 5.77. The number of carbonyl (C=O) groups is 2. The highest BCUT2D eigenvalue weighted by Crippen LogP contribution is 2.44. The molecule has 0 aliphatic rings. The molecule has 0 fully saturated rings. The van der Waals surface area contributed by atoms with Crippen molar-refractivity contribution in [3.63, 3.8) is 0 Å². The maximum absolute atomic E-state index is 11.5. The Balaban J connectivity index is 1.71. The molecule has 0 saturated heterocycles. The maximum Gasteiger partial charge on any atom is 0.333 e. The predicted octanol–water partition coefficient (Wildman–Crippen LogP) is 6.13. The molecule has 41 heavy (non-hydrogen) atoms. The van der Waals surface area contributed by atoms with Gasteiger partial charge in [0.2, 0.25) is 0 Å². The molecule has 9 heteroatoms. The molecular weight excluding hydrogens is 544 g/mol. The summed E-state index contributed by atoms with van der Waals surface area (Å²) in [6.07, 6.45) is 0. The van der Waals surface area contributed by atoms with Crippen LogP contribution in [0.4, 0.5) is 0 Å². The van der Waals surface area contributed by atoms with Crippen LogP contribution in [-0.4, -0.2) is 70.5 Å². The van der Waals surface area contributed by atoms with Crippen LogP contribution < -0.4 is 9.47 Å². The minimum Gasteiger partial charge on any atom is -0.490 e. The number of fused-ring (bicyclic) bond motifs is 2. The number of ether oxygens (including phenoxy) is 6. The predicted molar refractivity (Wildman–Crippen MR) is 162 cm³/mol. The number of carbonyl (C=O) groups excluding carboxylic acids is 2. The van der Waals surface area contributed by atoms with E-state index in [0.29, 0.717) is 37.6 Å². The van der Waals surface area contributed by atoms with Crippen molar-refractivity contribution in [2.24, 2.45) is 0 Å². The largest absolute Gasteiger partial charge is 0.490 e. The summed E-state index contributed by atoms with van der Waals surface area (Å²) in [5.41, 5.74) is 0.711. The van der Waals surface area contributed by atoms with Crippen molar-refractivity contribution in [3.8, 4) is 11.5 Å². The molecule has 0 radical (unpaired) electrons. The van der Waals surface area contributed by atoms with E-state index < -0.39 is 11.9 Å². The number of hydrogen-bond donors (Lipinski definition) is 0.